The molecule has 34 heavy (non-hydrogen) atoms. The van der Waals surface area contributed by atoms with E-state index in [4.69, 9.17) is 0 Å². The Bertz CT molecular complexity index is 1380. The van der Waals surface area contributed by atoms with Crippen molar-refractivity contribution in [2.45, 2.75) is 38.8 Å². The van der Waals surface area contributed by atoms with Crippen molar-refractivity contribution in [3.8, 4) is 11.1 Å². The maximum absolute atomic E-state index is 12.0. The molecule has 1 amide bonds. The molecule has 0 unspecified atom stereocenters. The smallest absolute Gasteiger partial charge is 0.407 e. The van der Waals surface area contributed by atoms with Crippen LogP contribution in [0.3, 0.4) is 0 Å². The molecule has 2 aliphatic heterocycles. The van der Waals surface area contributed by atoms with Crippen LogP contribution in [0.5, 0.6) is 0 Å². The van der Waals surface area contributed by atoms with Crippen LogP contribution in [0.25, 0.3) is 22.2 Å². The number of H-pyrrole nitrogens is 1. The van der Waals surface area contributed by atoms with E-state index < -0.39 is 6.09 Å². The van der Waals surface area contributed by atoms with Crippen LogP contribution in [0.15, 0.2) is 55.1 Å². The minimum absolute atomic E-state index is 0.0955. The van der Waals surface area contributed by atoms with Gasteiger partial charge in [0.1, 0.15) is 5.65 Å². The topological polar surface area (TPSA) is 85.3 Å². The monoisotopic (exact) mass is 453 g/mol. The third kappa shape index (κ3) is 3.48. The van der Waals surface area contributed by atoms with Gasteiger partial charge in [0, 0.05) is 49.2 Å². The van der Waals surface area contributed by atoms with Crippen molar-refractivity contribution < 1.29 is 9.90 Å². The fourth-order valence-electron chi connectivity index (χ4n) is 5.57. The second-order valence-electron chi connectivity index (χ2n) is 9.31. The highest BCUT2D eigenvalue weighted by Gasteiger charge is 2.33. The van der Waals surface area contributed by atoms with Gasteiger partial charge in [0.05, 0.1) is 17.9 Å². The molecule has 6 rings (SSSR count). The lowest BCUT2D eigenvalue weighted by Crippen LogP contribution is -2.33. The molecular weight excluding hydrogens is 426 g/mol. The number of benzene rings is 1. The minimum Gasteiger partial charge on any atom is -0.465 e. The number of nitrogens with zero attached hydrogens (tertiary/aromatic N) is 4. The number of amides is 1. The van der Waals surface area contributed by atoms with Gasteiger partial charge in [-0.1, -0.05) is 0 Å². The zero-order chi connectivity index (χ0) is 23.2. The maximum atomic E-state index is 12.0. The Morgan fingerprint density at radius 1 is 1.18 bits per heavy atom. The van der Waals surface area contributed by atoms with Crippen LogP contribution in [0.1, 0.15) is 41.1 Å². The summed E-state index contributed by atoms with van der Waals surface area (Å²) in [5.74, 6) is 0. The predicted molar refractivity (Wildman–Crippen MR) is 132 cm³/mol. The van der Waals surface area contributed by atoms with E-state index >= 15 is 0 Å². The van der Waals surface area contributed by atoms with E-state index in [9.17, 15) is 9.90 Å². The Morgan fingerprint density at radius 3 is 2.91 bits per heavy atom. The number of carboxylic acid groups (broad SMARTS) is 1. The van der Waals surface area contributed by atoms with Gasteiger partial charge in [0.25, 0.3) is 0 Å². The lowest BCUT2D eigenvalue weighted by molar-refractivity contribution is 0.140. The molecule has 172 valence electrons. The average molecular weight is 454 g/mol. The first-order valence-corrected chi connectivity index (χ1v) is 11.8. The average Bonchev–Trinajstić information content (AvgIpc) is 3.50. The largest absolute Gasteiger partial charge is 0.465 e. The number of aryl methyl sites for hydroxylation is 1. The van der Waals surface area contributed by atoms with Crippen molar-refractivity contribution in [1.29, 1.82) is 0 Å². The highest BCUT2D eigenvalue weighted by Crippen LogP contribution is 2.40. The third-order valence-electron chi connectivity index (χ3n) is 7.31. The summed E-state index contributed by atoms with van der Waals surface area (Å²) in [4.78, 5) is 28.1. The number of fused-ring (bicyclic) bond motifs is 2. The highest BCUT2D eigenvalue weighted by molar-refractivity contribution is 5.84. The minimum atomic E-state index is -0.833. The number of rotatable bonds is 3. The lowest BCUT2D eigenvalue weighted by Gasteiger charge is -2.34. The van der Waals surface area contributed by atoms with Crippen molar-refractivity contribution >= 4 is 22.8 Å². The Labute approximate surface area is 198 Å². The summed E-state index contributed by atoms with van der Waals surface area (Å²) in [6.07, 6.45) is 9.41. The first kappa shape index (κ1) is 20.7. The summed E-state index contributed by atoms with van der Waals surface area (Å²) in [6.45, 7) is 4.34. The Balaban J connectivity index is 1.48. The molecule has 1 atom stereocenters. The summed E-state index contributed by atoms with van der Waals surface area (Å²) in [7, 11) is 0. The van der Waals surface area contributed by atoms with Gasteiger partial charge < -0.3 is 19.9 Å². The van der Waals surface area contributed by atoms with Gasteiger partial charge in [0.2, 0.25) is 0 Å². The van der Waals surface area contributed by atoms with Crippen LogP contribution in [-0.2, 0) is 13.0 Å². The fourth-order valence-corrected chi connectivity index (χ4v) is 5.57. The molecule has 0 bridgehead atoms. The molecule has 2 aliphatic rings. The van der Waals surface area contributed by atoms with E-state index in [0.717, 1.165) is 71.3 Å². The summed E-state index contributed by atoms with van der Waals surface area (Å²) in [5, 5.41) is 11.0. The summed E-state index contributed by atoms with van der Waals surface area (Å²) < 4.78 is 0. The normalized spacial score (nSPS) is 17.9. The number of anilines is 1. The van der Waals surface area contributed by atoms with Crippen molar-refractivity contribution in [3.05, 3.63) is 77.4 Å². The van der Waals surface area contributed by atoms with Crippen LogP contribution < -0.4 is 4.90 Å². The van der Waals surface area contributed by atoms with Crippen LogP contribution >= 0.6 is 0 Å². The van der Waals surface area contributed by atoms with Crippen molar-refractivity contribution in [3.63, 3.8) is 0 Å². The summed E-state index contributed by atoms with van der Waals surface area (Å²) in [5.41, 5.74) is 9.02. The molecule has 5 heterocycles. The van der Waals surface area contributed by atoms with Gasteiger partial charge in [-0.25, -0.2) is 9.78 Å². The van der Waals surface area contributed by atoms with Crippen molar-refractivity contribution in [2.75, 3.05) is 18.0 Å². The number of likely N-dealkylation sites (tertiary alicyclic amines) is 1. The molecular formula is C27H27N5O2. The molecule has 3 aromatic heterocycles. The van der Waals surface area contributed by atoms with Gasteiger partial charge in [-0.3, -0.25) is 4.98 Å². The second-order valence-corrected chi connectivity index (χ2v) is 9.31. The molecule has 0 spiro atoms. The van der Waals surface area contributed by atoms with Gasteiger partial charge in [-0.05, 0) is 84.3 Å². The van der Waals surface area contributed by atoms with E-state index in [1.807, 2.05) is 24.7 Å². The van der Waals surface area contributed by atoms with Crippen molar-refractivity contribution in [2.24, 2.45) is 0 Å². The van der Waals surface area contributed by atoms with E-state index in [1.54, 1.807) is 11.1 Å². The van der Waals surface area contributed by atoms with E-state index in [-0.39, 0.29) is 6.04 Å². The molecule has 7 heteroatoms. The van der Waals surface area contributed by atoms with E-state index in [0.29, 0.717) is 6.54 Å². The van der Waals surface area contributed by atoms with Gasteiger partial charge in [-0.2, -0.15) is 0 Å². The Kier molecular flexibility index (Phi) is 4.98. The van der Waals surface area contributed by atoms with Crippen molar-refractivity contribution in [1.82, 2.24) is 19.9 Å². The molecule has 4 aromatic rings. The molecule has 7 nitrogen and oxygen atoms in total. The molecule has 0 radical (unpaired) electrons. The van der Waals surface area contributed by atoms with Crippen LogP contribution in [0.4, 0.5) is 10.5 Å². The Hall–Kier alpha value is -3.87. The number of hydrogen-bond acceptors (Lipinski definition) is 4. The standard InChI is InChI=1S/C27H27N5O2/c1-17-13-29-26-23(17)12-19(14-30-26)18-10-20-16-31(21-4-2-7-28-15-21)9-6-22(20)24(11-18)25-5-3-8-32(25)27(33)34/h2,4,7,10-15,25H,3,5-6,8-9,16H2,1H3,(H,29,30)(H,33,34)/t25-/m0/s1. The number of aromatic amines is 1. The van der Waals surface area contributed by atoms with Crippen LogP contribution in [0, 0.1) is 6.92 Å². The molecule has 1 fully saturated rings. The number of nitrogens with one attached hydrogen (secondary N) is 1. The molecule has 2 N–H and O–H groups in total. The van der Waals surface area contributed by atoms with Crippen LogP contribution in [0.2, 0.25) is 0 Å². The first-order valence-electron chi connectivity index (χ1n) is 11.8. The van der Waals surface area contributed by atoms with E-state index in [1.165, 1.54) is 11.1 Å². The quantitative estimate of drug-likeness (QED) is 0.439. The van der Waals surface area contributed by atoms with Gasteiger partial charge >= 0.3 is 6.09 Å². The first-order chi connectivity index (χ1) is 16.6. The number of aromatic nitrogens is 3. The summed E-state index contributed by atoms with van der Waals surface area (Å²) in [6, 6.07) is 10.6. The van der Waals surface area contributed by atoms with Crippen LogP contribution in [-0.4, -0.2) is 44.1 Å². The number of hydrogen-bond donors (Lipinski definition) is 2. The SMILES string of the molecule is Cc1c[nH]c2ncc(-c3cc4c(c([C@@H]5CCCN5C(=O)O)c3)CCN(c3cccnc3)C4)cc12. The molecule has 0 aliphatic carbocycles. The second kappa shape index (κ2) is 8.17. The van der Waals surface area contributed by atoms with E-state index in [2.05, 4.69) is 51.0 Å². The van der Waals surface area contributed by atoms with Gasteiger partial charge in [-0.15, -0.1) is 0 Å². The third-order valence-corrected chi connectivity index (χ3v) is 7.31. The predicted octanol–water partition coefficient (Wildman–Crippen LogP) is 5.31. The maximum Gasteiger partial charge on any atom is 0.407 e. The number of carbonyl (C=O) groups is 1. The molecule has 1 saturated heterocycles. The zero-order valence-corrected chi connectivity index (χ0v) is 19.2. The number of pyridine rings is 2. The molecule has 0 saturated carbocycles. The molecule has 1 aromatic carbocycles. The fraction of sp³-hybridized carbons (Fsp3) is 0.296. The Morgan fingerprint density at radius 2 is 2.09 bits per heavy atom. The summed E-state index contributed by atoms with van der Waals surface area (Å²) >= 11 is 0. The highest BCUT2D eigenvalue weighted by atomic mass is 16.4. The lowest BCUT2D eigenvalue weighted by atomic mass is 9.86. The zero-order valence-electron chi connectivity index (χ0n) is 19.2. The van der Waals surface area contributed by atoms with Gasteiger partial charge in [0.15, 0.2) is 0 Å².